The van der Waals surface area contributed by atoms with E-state index in [-0.39, 0.29) is 0 Å². The molecule has 0 N–H and O–H groups in total. The molecule has 12 unspecified atom stereocenters. The Hall–Kier alpha value is 0. The molecule has 0 saturated heterocycles. The Labute approximate surface area is 200 Å². The van der Waals surface area contributed by atoms with E-state index in [2.05, 4.69) is 118 Å². The van der Waals surface area contributed by atoms with Gasteiger partial charge in [-0.1, -0.05) is 118 Å². The normalized spacial score (nSPS) is 25.0. The lowest BCUT2D eigenvalue weighted by molar-refractivity contribution is 0.0528. The summed E-state index contributed by atoms with van der Waals surface area (Å²) < 4.78 is 0. The van der Waals surface area contributed by atoms with E-state index in [1.807, 2.05) is 0 Å². The van der Waals surface area contributed by atoms with Gasteiger partial charge in [-0.05, 0) is 82.3 Å². The number of hydrogen-bond acceptors (Lipinski definition) is 0. The van der Waals surface area contributed by atoms with Crippen LogP contribution in [0.3, 0.4) is 0 Å². The molecule has 0 aliphatic heterocycles. The predicted molar refractivity (Wildman–Crippen MR) is 144 cm³/mol. The van der Waals surface area contributed by atoms with Crippen molar-refractivity contribution < 1.29 is 0 Å². The van der Waals surface area contributed by atoms with Crippen LogP contribution in [0.1, 0.15) is 118 Å². The van der Waals surface area contributed by atoms with Gasteiger partial charge in [-0.2, -0.15) is 0 Å². The van der Waals surface area contributed by atoms with Gasteiger partial charge in [0, 0.05) is 0 Å². The average molecular weight is 437 g/mol. The van der Waals surface area contributed by atoms with E-state index < -0.39 is 0 Å². The zero-order valence-electron chi connectivity index (χ0n) is 25.0. The van der Waals surface area contributed by atoms with E-state index in [0.717, 1.165) is 76.9 Å². The largest absolute Gasteiger partial charge is 0.0625 e. The first-order valence-corrected chi connectivity index (χ1v) is 13.9. The Kier molecular flexibility index (Phi) is 12.5. The van der Waals surface area contributed by atoms with Gasteiger partial charge in [-0.25, -0.2) is 0 Å². The first-order chi connectivity index (χ1) is 13.9. The van der Waals surface area contributed by atoms with Crippen LogP contribution in [0, 0.1) is 82.3 Å². The molecule has 0 amide bonds. The standard InChI is InChI=1S/C31H64/c1-18(2)19(3)20(4)21(5)22(6)23(7)24(8)25(9)26(10)27(11)28(12)29(13)30(14)31(15,16)17/h18-30H,1-17H3. The molecule has 0 aromatic carbocycles. The monoisotopic (exact) mass is 437 g/mol. The summed E-state index contributed by atoms with van der Waals surface area (Å²) in [6.07, 6.45) is 0. The molecule has 0 radical (unpaired) electrons. The first kappa shape index (κ1) is 31.0. The Morgan fingerprint density at radius 3 is 0.677 bits per heavy atom. The highest BCUT2D eigenvalue weighted by Crippen LogP contribution is 2.44. The summed E-state index contributed by atoms with van der Waals surface area (Å²) in [5, 5.41) is 0. The van der Waals surface area contributed by atoms with E-state index in [0.29, 0.717) is 5.41 Å². The van der Waals surface area contributed by atoms with Crippen LogP contribution < -0.4 is 0 Å². The van der Waals surface area contributed by atoms with Gasteiger partial charge < -0.3 is 0 Å². The maximum Gasteiger partial charge on any atom is -0.0354 e. The van der Waals surface area contributed by atoms with Crippen molar-refractivity contribution in [2.75, 3.05) is 0 Å². The third-order valence-electron chi connectivity index (χ3n) is 11.5. The average Bonchev–Trinajstić information content (AvgIpc) is 2.71. The van der Waals surface area contributed by atoms with Gasteiger partial charge in [0.1, 0.15) is 0 Å². The third-order valence-corrected chi connectivity index (χ3v) is 11.5. The quantitative estimate of drug-likeness (QED) is 0.285. The van der Waals surface area contributed by atoms with E-state index >= 15 is 0 Å². The molecule has 0 spiro atoms. The van der Waals surface area contributed by atoms with Gasteiger partial charge >= 0.3 is 0 Å². The maximum absolute atomic E-state index is 2.55. The van der Waals surface area contributed by atoms with Crippen molar-refractivity contribution in [1.82, 2.24) is 0 Å². The molecule has 0 rings (SSSR count). The van der Waals surface area contributed by atoms with Crippen molar-refractivity contribution in [2.45, 2.75) is 118 Å². The van der Waals surface area contributed by atoms with Crippen molar-refractivity contribution in [3.8, 4) is 0 Å². The van der Waals surface area contributed by atoms with Crippen molar-refractivity contribution >= 4 is 0 Å². The molecule has 0 aromatic heterocycles. The van der Waals surface area contributed by atoms with E-state index in [1.54, 1.807) is 0 Å². The lowest BCUT2D eigenvalue weighted by atomic mass is 9.62. The van der Waals surface area contributed by atoms with Crippen LogP contribution >= 0.6 is 0 Å². The molecular formula is C31H64. The second-order valence-corrected chi connectivity index (χ2v) is 13.8. The second-order valence-electron chi connectivity index (χ2n) is 13.8. The molecular weight excluding hydrogens is 372 g/mol. The molecule has 12 atom stereocenters. The zero-order valence-corrected chi connectivity index (χ0v) is 25.0. The molecule has 0 saturated carbocycles. The summed E-state index contributed by atoms with van der Waals surface area (Å²) in [7, 11) is 0. The summed E-state index contributed by atoms with van der Waals surface area (Å²) >= 11 is 0. The molecule has 0 nitrogen and oxygen atoms in total. The van der Waals surface area contributed by atoms with Crippen molar-refractivity contribution in [1.29, 1.82) is 0 Å². The molecule has 0 aliphatic carbocycles. The van der Waals surface area contributed by atoms with E-state index in [4.69, 9.17) is 0 Å². The smallest absolute Gasteiger partial charge is 0.0354 e. The Morgan fingerprint density at radius 1 is 0.290 bits per heavy atom. The van der Waals surface area contributed by atoms with Crippen molar-refractivity contribution in [3.63, 3.8) is 0 Å². The van der Waals surface area contributed by atoms with Crippen LogP contribution in [0.2, 0.25) is 0 Å². The summed E-state index contributed by atoms with van der Waals surface area (Å²) in [5.41, 5.74) is 0.388. The van der Waals surface area contributed by atoms with Gasteiger partial charge in [0.2, 0.25) is 0 Å². The minimum Gasteiger partial charge on any atom is -0.0625 e. The highest BCUT2D eigenvalue weighted by atomic mass is 14.4. The van der Waals surface area contributed by atoms with Crippen molar-refractivity contribution in [2.24, 2.45) is 82.3 Å². The summed E-state index contributed by atoms with van der Waals surface area (Å²) in [6, 6.07) is 0. The van der Waals surface area contributed by atoms with Gasteiger partial charge in [-0.15, -0.1) is 0 Å². The van der Waals surface area contributed by atoms with E-state index in [9.17, 15) is 0 Å². The van der Waals surface area contributed by atoms with Crippen LogP contribution in [-0.4, -0.2) is 0 Å². The lowest BCUT2D eigenvalue weighted by Gasteiger charge is -2.43. The Bertz CT molecular complexity index is 483. The summed E-state index contributed by atoms with van der Waals surface area (Å²) in [6.45, 7) is 42.2. The minimum absolute atomic E-state index is 0.388. The van der Waals surface area contributed by atoms with Crippen molar-refractivity contribution in [3.05, 3.63) is 0 Å². The van der Waals surface area contributed by atoms with Gasteiger partial charge in [0.05, 0.1) is 0 Å². The van der Waals surface area contributed by atoms with Gasteiger partial charge in [0.15, 0.2) is 0 Å². The molecule has 0 fully saturated rings. The van der Waals surface area contributed by atoms with Gasteiger partial charge in [-0.3, -0.25) is 0 Å². The molecule has 0 aromatic rings. The summed E-state index contributed by atoms with van der Waals surface area (Å²) in [4.78, 5) is 0. The maximum atomic E-state index is 2.55. The van der Waals surface area contributed by atoms with Crippen LogP contribution in [0.5, 0.6) is 0 Å². The predicted octanol–water partition coefficient (Wildman–Crippen LogP) is 10.3. The van der Waals surface area contributed by atoms with Crippen LogP contribution in [0.15, 0.2) is 0 Å². The Morgan fingerprint density at radius 2 is 0.484 bits per heavy atom. The van der Waals surface area contributed by atoms with Crippen LogP contribution in [-0.2, 0) is 0 Å². The number of rotatable bonds is 12. The summed E-state index contributed by atoms with van der Waals surface area (Å²) in [5.74, 6) is 9.99. The number of hydrogen-bond donors (Lipinski definition) is 0. The first-order valence-electron chi connectivity index (χ1n) is 13.9. The minimum atomic E-state index is 0.388. The molecule has 0 bridgehead atoms. The van der Waals surface area contributed by atoms with Gasteiger partial charge in [0.25, 0.3) is 0 Å². The SMILES string of the molecule is CC(C)C(C)C(C)C(C)C(C)C(C)C(C)C(C)C(C)C(C)C(C)C(C)C(C)C(C)(C)C. The third kappa shape index (κ3) is 8.07. The molecule has 0 heteroatoms. The Balaban J connectivity index is 5.23. The fraction of sp³-hybridized carbons (Fsp3) is 1.00. The van der Waals surface area contributed by atoms with E-state index in [1.165, 1.54) is 0 Å². The molecule has 0 aliphatic rings. The van der Waals surface area contributed by atoms with Crippen LogP contribution in [0.4, 0.5) is 0 Å². The molecule has 31 heavy (non-hydrogen) atoms. The fourth-order valence-electron chi connectivity index (χ4n) is 6.16. The van der Waals surface area contributed by atoms with Crippen LogP contribution in [0.25, 0.3) is 0 Å². The highest BCUT2D eigenvalue weighted by molar-refractivity contribution is 4.86. The fourth-order valence-corrected chi connectivity index (χ4v) is 6.16. The highest BCUT2D eigenvalue weighted by Gasteiger charge is 2.37. The molecule has 0 heterocycles. The molecule has 188 valence electrons. The lowest BCUT2D eigenvalue weighted by Crippen LogP contribution is -2.37. The zero-order chi connectivity index (χ0) is 25.0. The topological polar surface area (TPSA) is 0 Å². The second kappa shape index (κ2) is 12.5.